The number of nitrogens with one attached hydrogen (secondary N) is 2. The Labute approximate surface area is 161 Å². The van der Waals surface area contributed by atoms with Gasteiger partial charge < -0.3 is 16.4 Å². The van der Waals surface area contributed by atoms with Crippen molar-refractivity contribution in [1.82, 2.24) is 5.32 Å². The lowest BCUT2D eigenvalue weighted by atomic mass is 9.95. The van der Waals surface area contributed by atoms with Gasteiger partial charge in [0.15, 0.2) is 0 Å². The van der Waals surface area contributed by atoms with Gasteiger partial charge in [-0.3, -0.25) is 9.59 Å². The average Bonchev–Trinajstić information content (AvgIpc) is 3.27. The van der Waals surface area contributed by atoms with E-state index < -0.39 is 0 Å². The molecule has 0 unspecified atom stereocenters. The van der Waals surface area contributed by atoms with Gasteiger partial charge in [-0.2, -0.15) is 0 Å². The fourth-order valence-corrected chi connectivity index (χ4v) is 4.17. The molecule has 1 aromatic rings. The Balaban J connectivity index is 0.00000243. The van der Waals surface area contributed by atoms with Crippen molar-refractivity contribution in [2.75, 3.05) is 11.9 Å². The molecule has 3 rings (SSSR count). The first kappa shape index (κ1) is 20.7. The summed E-state index contributed by atoms with van der Waals surface area (Å²) in [6, 6.07) is 5.79. The van der Waals surface area contributed by atoms with E-state index in [1.165, 1.54) is 12.8 Å². The number of aryl methyl sites for hydroxylation is 1. The largest absolute Gasteiger partial charge is 0.349 e. The van der Waals surface area contributed by atoms with Gasteiger partial charge in [0, 0.05) is 23.2 Å². The van der Waals surface area contributed by atoms with Crippen molar-refractivity contribution in [3.8, 4) is 0 Å². The van der Waals surface area contributed by atoms with Crippen LogP contribution in [0.25, 0.3) is 0 Å². The molecule has 144 valence electrons. The molecule has 0 saturated heterocycles. The van der Waals surface area contributed by atoms with Crippen molar-refractivity contribution >= 4 is 29.9 Å². The Bertz CT molecular complexity index is 644. The maximum Gasteiger partial charge on any atom is 0.251 e. The van der Waals surface area contributed by atoms with Gasteiger partial charge in [-0.1, -0.05) is 19.3 Å². The number of hydrogen-bond acceptors (Lipinski definition) is 3. The minimum absolute atomic E-state index is 0. The minimum atomic E-state index is -0.0214. The van der Waals surface area contributed by atoms with Crippen molar-refractivity contribution in [1.29, 1.82) is 0 Å². The van der Waals surface area contributed by atoms with Gasteiger partial charge in [-0.15, -0.1) is 12.4 Å². The van der Waals surface area contributed by atoms with Crippen LogP contribution in [0.4, 0.5) is 5.69 Å². The lowest BCUT2D eigenvalue weighted by Crippen LogP contribution is -2.32. The van der Waals surface area contributed by atoms with Crippen LogP contribution in [0.15, 0.2) is 18.2 Å². The van der Waals surface area contributed by atoms with Crippen molar-refractivity contribution < 1.29 is 9.59 Å². The minimum Gasteiger partial charge on any atom is -0.349 e. The normalized spacial score (nSPS) is 22.7. The third-order valence-electron chi connectivity index (χ3n) is 5.74. The maximum atomic E-state index is 12.5. The zero-order valence-electron chi connectivity index (χ0n) is 15.4. The van der Waals surface area contributed by atoms with Gasteiger partial charge in [-0.05, 0) is 68.8 Å². The van der Waals surface area contributed by atoms with Gasteiger partial charge in [0.2, 0.25) is 5.91 Å². The lowest BCUT2D eigenvalue weighted by Gasteiger charge is -2.18. The second-order valence-corrected chi connectivity index (χ2v) is 7.51. The molecule has 6 heteroatoms. The van der Waals surface area contributed by atoms with Crippen LogP contribution in [0.1, 0.15) is 60.9 Å². The molecular formula is C20H30ClN3O2. The van der Waals surface area contributed by atoms with Gasteiger partial charge in [0.1, 0.15) is 0 Å². The van der Waals surface area contributed by atoms with Crippen LogP contribution >= 0.6 is 12.4 Å². The summed E-state index contributed by atoms with van der Waals surface area (Å²) >= 11 is 0. The van der Waals surface area contributed by atoms with E-state index >= 15 is 0 Å². The molecule has 4 N–H and O–H groups in total. The van der Waals surface area contributed by atoms with Crippen LogP contribution in [0.5, 0.6) is 0 Å². The van der Waals surface area contributed by atoms with Crippen molar-refractivity contribution in [3.05, 3.63) is 29.3 Å². The molecule has 0 radical (unpaired) electrons. The number of nitrogens with two attached hydrogens (primary N) is 1. The highest BCUT2D eigenvalue weighted by atomic mass is 35.5. The number of rotatable bonds is 5. The summed E-state index contributed by atoms with van der Waals surface area (Å²) < 4.78 is 0. The van der Waals surface area contributed by atoms with Gasteiger partial charge in [0.05, 0.1) is 0 Å². The molecule has 2 aliphatic rings. The van der Waals surface area contributed by atoms with Crippen LogP contribution in [0.3, 0.4) is 0 Å². The van der Waals surface area contributed by atoms with Crippen LogP contribution in [0, 0.1) is 18.8 Å². The summed E-state index contributed by atoms with van der Waals surface area (Å²) in [6.45, 7) is 2.49. The van der Waals surface area contributed by atoms with E-state index in [9.17, 15) is 9.59 Å². The molecule has 0 aromatic heterocycles. The zero-order valence-corrected chi connectivity index (χ0v) is 16.2. The Kier molecular flexibility index (Phi) is 7.47. The molecule has 0 aliphatic heterocycles. The SMILES string of the molecule is Cc1cc(C(=O)NC2CCCC2)ccc1NC(=O)[C@@H]1CCC[C@@H]1CN.Cl. The molecule has 2 fully saturated rings. The first-order valence-electron chi connectivity index (χ1n) is 9.51. The molecule has 2 amide bonds. The standard InChI is InChI=1S/C20H29N3O2.ClH/c1-13-11-14(19(24)22-16-6-2-3-7-16)9-10-18(13)23-20(25)17-8-4-5-15(17)12-21;/h9-11,15-17H,2-8,12,21H2,1H3,(H,22,24)(H,23,25);1H/t15-,17-;/m1./s1. The van der Waals surface area contributed by atoms with E-state index in [0.29, 0.717) is 18.2 Å². The summed E-state index contributed by atoms with van der Waals surface area (Å²) in [5.74, 6) is 0.331. The molecule has 2 atom stereocenters. The number of carbonyl (C=O) groups is 2. The molecule has 0 spiro atoms. The number of benzene rings is 1. The summed E-state index contributed by atoms with van der Waals surface area (Å²) in [4.78, 5) is 24.9. The predicted molar refractivity (Wildman–Crippen MR) is 107 cm³/mol. The average molecular weight is 380 g/mol. The van der Waals surface area contributed by atoms with Crippen LogP contribution < -0.4 is 16.4 Å². The van der Waals surface area contributed by atoms with Crippen molar-refractivity contribution in [2.45, 2.75) is 57.9 Å². The molecule has 0 heterocycles. The first-order valence-corrected chi connectivity index (χ1v) is 9.51. The highest BCUT2D eigenvalue weighted by Crippen LogP contribution is 2.32. The van der Waals surface area contributed by atoms with Crippen LogP contribution in [-0.4, -0.2) is 24.4 Å². The fraction of sp³-hybridized carbons (Fsp3) is 0.600. The fourth-order valence-electron chi connectivity index (χ4n) is 4.17. The molecular weight excluding hydrogens is 350 g/mol. The topological polar surface area (TPSA) is 84.2 Å². The monoisotopic (exact) mass is 379 g/mol. The van der Waals surface area contributed by atoms with E-state index in [1.807, 2.05) is 19.1 Å². The first-order chi connectivity index (χ1) is 12.1. The quantitative estimate of drug-likeness (QED) is 0.733. The molecule has 26 heavy (non-hydrogen) atoms. The molecule has 2 aliphatic carbocycles. The number of anilines is 1. The van der Waals surface area contributed by atoms with E-state index in [0.717, 1.165) is 43.4 Å². The van der Waals surface area contributed by atoms with Gasteiger partial charge in [0.25, 0.3) is 5.91 Å². The second kappa shape index (κ2) is 9.38. The lowest BCUT2D eigenvalue weighted by molar-refractivity contribution is -0.120. The van der Waals surface area contributed by atoms with Crippen molar-refractivity contribution in [3.63, 3.8) is 0 Å². The van der Waals surface area contributed by atoms with Crippen molar-refractivity contribution in [2.24, 2.45) is 17.6 Å². The zero-order chi connectivity index (χ0) is 17.8. The van der Waals surface area contributed by atoms with Gasteiger partial charge >= 0.3 is 0 Å². The molecule has 1 aromatic carbocycles. The smallest absolute Gasteiger partial charge is 0.251 e. The Morgan fingerprint density at radius 2 is 1.85 bits per heavy atom. The second-order valence-electron chi connectivity index (χ2n) is 7.51. The van der Waals surface area contributed by atoms with Crippen LogP contribution in [0.2, 0.25) is 0 Å². The van der Waals surface area contributed by atoms with Gasteiger partial charge in [-0.25, -0.2) is 0 Å². The number of carbonyl (C=O) groups excluding carboxylic acids is 2. The van der Waals surface area contributed by atoms with E-state index in [4.69, 9.17) is 5.73 Å². The number of hydrogen-bond donors (Lipinski definition) is 3. The third-order valence-corrected chi connectivity index (χ3v) is 5.74. The van der Waals surface area contributed by atoms with Crippen LogP contribution in [-0.2, 0) is 4.79 Å². The van der Waals surface area contributed by atoms with E-state index in [-0.39, 0.29) is 36.1 Å². The Morgan fingerprint density at radius 1 is 1.12 bits per heavy atom. The highest BCUT2D eigenvalue weighted by Gasteiger charge is 2.32. The maximum absolute atomic E-state index is 12.5. The summed E-state index contributed by atoms with van der Waals surface area (Å²) in [5, 5.41) is 6.13. The molecule has 0 bridgehead atoms. The number of halogens is 1. The predicted octanol–water partition coefficient (Wildman–Crippen LogP) is 3.40. The molecule has 5 nitrogen and oxygen atoms in total. The summed E-state index contributed by atoms with van der Waals surface area (Å²) in [6.07, 6.45) is 7.55. The Hall–Kier alpha value is -1.59. The van der Waals surface area contributed by atoms with E-state index in [2.05, 4.69) is 10.6 Å². The Morgan fingerprint density at radius 3 is 2.50 bits per heavy atom. The van der Waals surface area contributed by atoms with E-state index in [1.54, 1.807) is 6.07 Å². The molecule has 2 saturated carbocycles. The highest BCUT2D eigenvalue weighted by molar-refractivity contribution is 5.97. The summed E-state index contributed by atoms with van der Waals surface area (Å²) in [7, 11) is 0. The summed E-state index contributed by atoms with van der Waals surface area (Å²) in [5.41, 5.74) is 8.13. The number of amides is 2. The third kappa shape index (κ3) is 4.77.